The maximum absolute atomic E-state index is 4.85. The molecule has 0 radical (unpaired) electrons. The van der Waals surface area contributed by atoms with Crippen molar-refractivity contribution in [3.8, 4) is 0 Å². The third-order valence-corrected chi connectivity index (χ3v) is 4.74. The Kier molecular flexibility index (Phi) is 3.65. The molecule has 1 aliphatic rings. The van der Waals surface area contributed by atoms with Crippen molar-refractivity contribution in [1.82, 2.24) is 4.98 Å². The van der Waals surface area contributed by atoms with Crippen molar-refractivity contribution in [2.24, 2.45) is 5.92 Å². The number of halogens is 1. The average Bonchev–Trinajstić information content (AvgIpc) is 2.40. The van der Waals surface area contributed by atoms with E-state index in [0.717, 1.165) is 30.3 Å². The lowest BCUT2D eigenvalue weighted by atomic mass is 9.99. The molecule has 2 nitrogen and oxygen atoms in total. The summed E-state index contributed by atoms with van der Waals surface area (Å²) in [6.45, 7) is 6.82. The van der Waals surface area contributed by atoms with Crippen molar-refractivity contribution in [3.05, 3.63) is 33.4 Å². The molecule has 3 rings (SSSR count). The summed E-state index contributed by atoms with van der Waals surface area (Å²) in [5.41, 5.74) is 2.45. The zero-order valence-corrected chi connectivity index (χ0v) is 13.6. The van der Waals surface area contributed by atoms with Crippen LogP contribution in [-0.4, -0.2) is 18.1 Å². The summed E-state index contributed by atoms with van der Waals surface area (Å²) in [5.74, 6) is 2.01. The second kappa shape index (κ2) is 5.27. The van der Waals surface area contributed by atoms with Gasteiger partial charge in [0.25, 0.3) is 0 Å². The fourth-order valence-electron chi connectivity index (χ4n) is 2.75. The van der Waals surface area contributed by atoms with Crippen LogP contribution >= 0.6 is 22.6 Å². The average molecular weight is 366 g/mol. The standard InChI is InChI=1S/C16H19IN2/c1-11-5-7-19(8-6-11)16-9-12(2)14-10-13(17)3-4-15(14)18-16/h3-4,9-11H,5-8H2,1-2H3. The van der Waals surface area contributed by atoms with Crippen molar-refractivity contribution < 1.29 is 0 Å². The largest absolute Gasteiger partial charge is 0.357 e. The lowest BCUT2D eigenvalue weighted by Gasteiger charge is -2.31. The van der Waals surface area contributed by atoms with E-state index >= 15 is 0 Å². The highest BCUT2D eigenvalue weighted by Gasteiger charge is 2.17. The van der Waals surface area contributed by atoms with Crippen molar-refractivity contribution in [2.45, 2.75) is 26.7 Å². The van der Waals surface area contributed by atoms with Crippen LogP contribution in [0.3, 0.4) is 0 Å². The third-order valence-electron chi connectivity index (χ3n) is 4.07. The summed E-state index contributed by atoms with van der Waals surface area (Å²) >= 11 is 2.36. The van der Waals surface area contributed by atoms with Crippen molar-refractivity contribution in [1.29, 1.82) is 0 Å². The molecule has 1 aromatic carbocycles. The van der Waals surface area contributed by atoms with E-state index < -0.39 is 0 Å². The SMILES string of the molecule is Cc1cc(N2CCC(C)CC2)nc2ccc(I)cc12. The summed E-state index contributed by atoms with van der Waals surface area (Å²) in [4.78, 5) is 7.28. The van der Waals surface area contributed by atoms with Crippen LogP contribution in [0.5, 0.6) is 0 Å². The van der Waals surface area contributed by atoms with Gasteiger partial charge in [0.15, 0.2) is 0 Å². The van der Waals surface area contributed by atoms with E-state index in [4.69, 9.17) is 4.98 Å². The van der Waals surface area contributed by atoms with E-state index in [9.17, 15) is 0 Å². The van der Waals surface area contributed by atoms with Gasteiger partial charge in [-0.2, -0.15) is 0 Å². The second-order valence-electron chi connectivity index (χ2n) is 5.63. The molecule has 2 heterocycles. The highest BCUT2D eigenvalue weighted by atomic mass is 127. The minimum atomic E-state index is 0.861. The number of pyridine rings is 1. The molecule has 1 fully saturated rings. The Morgan fingerprint density at radius 3 is 2.68 bits per heavy atom. The molecule has 2 aromatic rings. The molecule has 1 saturated heterocycles. The van der Waals surface area contributed by atoms with Crippen LogP contribution in [0.2, 0.25) is 0 Å². The Labute approximate surface area is 128 Å². The number of hydrogen-bond donors (Lipinski definition) is 0. The van der Waals surface area contributed by atoms with Gasteiger partial charge >= 0.3 is 0 Å². The van der Waals surface area contributed by atoms with E-state index in [1.54, 1.807) is 0 Å². The van der Waals surface area contributed by atoms with Gasteiger partial charge in [0.2, 0.25) is 0 Å². The molecule has 3 heteroatoms. The van der Waals surface area contributed by atoms with Gasteiger partial charge < -0.3 is 4.90 Å². The highest BCUT2D eigenvalue weighted by Crippen LogP contribution is 2.27. The number of aromatic nitrogens is 1. The minimum absolute atomic E-state index is 0.861. The Balaban J connectivity index is 1.99. The van der Waals surface area contributed by atoms with Crippen LogP contribution in [0.1, 0.15) is 25.3 Å². The normalized spacial score (nSPS) is 17.1. The van der Waals surface area contributed by atoms with Gasteiger partial charge in [-0.15, -0.1) is 0 Å². The first-order valence-electron chi connectivity index (χ1n) is 6.95. The van der Waals surface area contributed by atoms with E-state index in [-0.39, 0.29) is 0 Å². The molecule has 0 amide bonds. The molecule has 100 valence electrons. The predicted molar refractivity (Wildman–Crippen MR) is 89.8 cm³/mol. The first-order valence-corrected chi connectivity index (χ1v) is 8.03. The van der Waals surface area contributed by atoms with Crippen LogP contribution in [0.15, 0.2) is 24.3 Å². The third kappa shape index (κ3) is 2.71. The van der Waals surface area contributed by atoms with Crippen molar-refractivity contribution in [2.75, 3.05) is 18.0 Å². The summed E-state index contributed by atoms with van der Waals surface area (Å²) in [5, 5.41) is 1.28. The summed E-state index contributed by atoms with van der Waals surface area (Å²) in [7, 11) is 0. The number of aryl methyl sites for hydroxylation is 1. The number of anilines is 1. The summed E-state index contributed by atoms with van der Waals surface area (Å²) in [6.07, 6.45) is 2.57. The molecular formula is C16H19IN2. The molecule has 0 atom stereocenters. The number of rotatable bonds is 1. The smallest absolute Gasteiger partial charge is 0.129 e. The zero-order valence-electron chi connectivity index (χ0n) is 11.5. The Bertz CT molecular complexity index is 601. The van der Waals surface area contributed by atoms with E-state index in [0.29, 0.717) is 0 Å². The van der Waals surface area contributed by atoms with Gasteiger partial charge in [-0.25, -0.2) is 4.98 Å². The first-order chi connectivity index (χ1) is 9.13. The number of piperidine rings is 1. The number of nitrogens with zero attached hydrogens (tertiary/aromatic N) is 2. The number of fused-ring (bicyclic) bond motifs is 1. The van der Waals surface area contributed by atoms with Gasteiger partial charge in [0, 0.05) is 22.0 Å². The van der Waals surface area contributed by atoms with Crippen LogP contribution < -0.4 is 4.90 Å². The van der Waals surface area contributed by atoms with Crippen molar-refractivity contribution in [3.63, 3.8) is 0 Å². The number of benzene rings is 1. The van der Waals surface area contributed by atoms with Gasteiger partial charge in [-0.1, -0.05) is 6.92 Å². The molecular weight excluding hydrogens is 347 g/mol. The van der Waals surface area contributed by atoms with Gasteiger partial charge in [-0.3, -0.25) is 0 Å². The molecule has 19 heavy (non-hydrogen) atoms. The molecule has 1 aliphatic heterocycles. The topological polar surface area (TPSA) is 16.1 Å². The lowest BCUT2D eigenvalue weighted by Crippen LogP contribution is -2.33. The van der Waals surface area contributed by atoms with E-state index in [2.05, 4.69) is 65.6 Å². The van der Waals surface area contributed by atoms with Crippen LogP contribution in [0, 0.1) is 16.4 Å². The Morgan fingerprint density at radius 1 is 1.21 bits per heavy atom. The van der Waals surface area contributed by atoms with Gasteiger partial charge in [-0.05, 0) is 78.1 Å². The van der Waals surface area contributed by atoms with Gasteiger partial charge in [0.1, 0.15) is 5.82 Å². The monoisotopic (exact) mass is 366 g/mol. The molecule has 1 aromatic heterocycles. The quantitative estimate of drug-likeness (QED) is 0.697. The summed E-state index contributed by atoms with van der Waals surface area (Å²) < 4.78 is 1.27. The fraction of sp³-hybridized carbons (Fsp3) is 0.438. The molecule has 0 spiro atoms. The molecule has 0 bridgehead atoms. The van der Waals surface area contributed by atoms with Crippen molar-refractivity contribution >= 4 is 39.3 Å². The van der Waals surface area contributed by atoms with E-state index in [1.807, 2.05) is 0 Å². The first kappa shape index (κ1) is 13.2. The Hall–Kier alpha value is -0.840. The summed E-state index contributed by atoms with van der Waals surface area (Å²) in [6, 6.07) is 8.74. The molecule has 0 aliphatic carbocycles. The Morgan fingerprint density at radius 2 is 1.95 bits per heavy atom. The fourth-order valence-corrected chi connectivity index (χ4v) is 3.24. The molecule has 0 unspecified atom stereocenters. The van der Waals surface area contributed by atoms with Crippen LogP contribution in [0.4, 0.5) is 5.82 Å². The molecule has 0 saturated carbocycles. The predicted octanol–water partition coefficient (Wildman–Crippen LogP) is 4.38. The number of hydrogen-bond acceptors (Lipinski definition) is 2. The highest BCUT2D eigenvalue weighted by molar-refractivity contribution is 14.1. The minimum Gasteiger partial charge on any atom is -0.357 e. The zero-order chi connectivity index (χ0) is 13.4. The second-order valence-corrected chi connectivity index (χ2v) is 6.87. The lowest BCUT2D eigenvalue weighted by molar-refractivity contribution is 0.437. The van der Waals surface area contributed by atoms with Crippen LogP contribution in [0.25, 0.3) is 10.9 Å². The maximum Gasteiger partial charge on any atom is 0.129 e. The van der Waals surface area contributed by atoms with E-state index in [1.165, 1.54) is 27.4 Å². The van der Waals surface area contributed by atoms with Gasteiger partial charge in [0.05, 0.1) is 5.52 Å². The maximum atomic E-state index is 4.85. The molecule has 0 N–H and O–H groups in total. The van der Waals surface area contributed by atoms with Crippen LogP contribution in [-0.2, 0) is 0 Å².